The Balaban J connectivity index is 1.36. The number of rotatable bonds is 4. The highest BCUT2D eigenvalue weighted by atomic mass is 16.2. The molecule has 7 heteroatoms. The lowest BCUT2D eigenvalue weighted by Crippen LogP contribution is -2.45. The monoisotopic (exact) mass is 327 g/mol. The molecule has 2 aromatic heterocycles. The molecule has 2 amide bonds. The number of likely N-dealkylation sites (tertiary alicyclic amines) is 1. The highest BCUT2D eigenvalue weighted by molar-refractivity contribution is 5.83. The molecule has 0 spiro atoms. The van der Waals surface area contributed by atoms with Gasteiger partial charge in [0.1, 0.15) is 0 Å². The fraction of sp³-hybridized carbons (Fsp3) is 0.529. The van der Waals surface area contributed by atoms with Gasteiger partial charge in [0.15, 0.2) is 11.5 Å². The summed E-state index contributed by atoms with van der Waals surface area (Å²) in [5.41, 5.74) is 0.764. The van der Waals surface area contributed by atoms with Crippen LogP contribution in [0.15, 0.2) is 24.4 Å². The average molecular weight is 327 g/mol. The van der Waals surface area contributed by atoms with E-state index in [4.69, 9.17) is 0 Å². The van der Waals surface area contributed by atoms with Gasteiger partial charge in [-0.05, 0) is 37.8 Å². The summed E-state index contributed by atoms with van der Waals surface area (Å²) in [7, 11) is 0. The second-order valence-electron chi connectivity index (χ2n) is 6.66. The van der Waals surface area contributed by atoms with Crippen LogP contribution in [0.4, 0.5) is 0 Å². The SMILES string of the molecule is O=C(NCc1nnc2ccccn12)C1CCCN(C(=O)C2CC2)C1. The quantitative estimate of drug-likeness (QED) is 0.908. The first-order chi connectivity index (χ1) is 11.7. The minimum absolute atomic E-state index is 0.00372. The molecule has 0 aromatic carbocycles. The third kappa shape index (κ3) is 2.98. The molecule has 2 aliphatic rings. The van der Waals surface area contributed by atoms with E-state index in [1.807, 2.05) is 33.7 Å². The van der Waals surface area contributed by atoms with Gasteiger partial charge in [0.05, 0.1) is 12.5 Å². The molecule has 24 heavy (non-hydrogen) atoms. The lowest BCUT2D eigenvalue weighted by atomic mass is 9.96. The summed E-state index contributed by atoms with van der Waals surface area (Å²) in [6, 6.07) is 5.69. The Morgan fingerprint density at radius 3 is 2.88 bits per heavy atom. The van der Waals surface area contributed by atoms with Crippen LogP contribution in [0.3, 0.4) is 0 Å². The predicted octanol–water partition coefficient (Wildman–Crippen LogP) is 0.994. The Hall–Kier alpha value is -2.44. The molecule has 126 valence electrons. The van der Waals surface area contributed by atoms with Crippen molar-refractivity contribution < 1.29 is 9.59 Å². The number of carbonyl (C=O) groups is 2. The zero-order valence-electron chi connectivity index (χ0n) is 13.5. The Morgan fingerprint density at radius 1 is 1.17 bits per heavy atom. The van der Waals surface area contributed by atoms with E-state index in [1.54, 1.807) is 0 Å². The topological polar surface area (TPSA) is 79.6 Å². The van der Waals surface area contributed by atoms with Crippen LogP contribution in [-0.4, -0.2) is 44.4 Å². The van der Waals surface area contributed by atoms with Crippen LogP contribution in [0.2, 0.25) is 0 Å². The molecule has 1 atom stereocenters. The summed E-state index contributed by atoms with van der Waals surface area (Å²) < 4.78 is 1.87. The van der Waals surface area contributed by atoms with Crippen LogP contribution in [0.5, 0.6) is 0 Å². The van der Waals surface area contributed by atoms with Crippen molar-refractivity contribution in [2.45, 2.75) is 32.2 Å². The largest absolute Gasteiger partial charge is 0.348 e. The lowest BCUT2D eigenvalue weighted by Gasteiger charge is -2.32. The molecular formula is C17H21N5O2. The first kappa shape index (κ1) is 15.1. The molecule has 4 rings (SSSR count). The van der Waals surface area contributed by atoms with E-state index in [-0.39, 0.29) is 23.7 Å². The number of hydrogen-bond donors (Lipinski definition) is 1. The van der Waals surface area contributed by atoms with Crippen molar-refractivity contribution in [2.24, 2.45) is 11.8 Å². The first-order valence-electron chi connectivity index (χ1n) is 8.57. The number of fused-ring (bicyclic) bond motifs is 1. The Kier molecular flexibility index (Phi) is 3.92. The number of amides is 2. The van der Waals surface area contributed by atoms with E-state index in [1.165, 1.54) is 0 Å². The Labute approximate surface area is 140 Å². The molecule has 1 aliphatic carbocycles. The van der Waals surface area contributed by atoms with Gasteiger partial charge in [0.25, 0.3) is 0 Å². The van der Waals surface area contributed by atoms with Crippen LogP contribution in [-0.2, 0) is 16.1 Å². The minimum atomic E-state index is -0.124. The number of nitrogens with zero attached hydrogens (tertiary/aromatic N) is 4. The summed E-state index contributed by atoms with van der Waals surface area (Å²) in [5, 5.41) is 11.2. The van der Waals surface area contributed by atoms with Gasteiger partial charge in [-0.3, -0.25) is 14.0 Å². The normalized spacial score (nSPS) is 21.0. The molecule has 1 N–H and O–H groups in total. The molecule has 1 aliphatic heterocycles. The molecule has 3 heterocycles. The van der Waals surface area contributed by atoms with Crippen LogP contribution >= 0.6 is 0 Å². The Morgan fingerprint density at radius 2 is 2.04 bits per heavy atom. The van der Waals surface area contributed by atoms with Crippen molar-refractivity contribution in [1.82, 2.24) is 24.8 Å². The third-order valence-electron chi connectivity index (χ3n) is 4.84. The second kappa shape index (κ2) is 6.22. The zero-order chi connectivity index (χ0) is 16.5. The van der Waals surface area contributed by atoms with Crippen LogP contribution in [0.25, 0.3) is 5.65 Å². The minimum Gasteiger partial charge on any atom is -0.348 e. The maximum Gasteiger partial charge on any atom is 0.225 e. The number of nitrogens with one attached hydrogen (secondary N) is 1. The fourth-order valence-corrected chi connectivity index (χ4v) is 3.30. The highest BCUT2D eigenvalue weighted by Gasteiger charge is 2.36. The van der Waals surface area contributed by atoms with Crippen molar-refractivity contribution >= 4 is 17.5 Å². The fourth-order valence-electron chi connectivity index (χ4n) is 3.30. The van der Waals surface area contributed by atoms with Crippen LogP contribution < -0.4 is 5.32 Å². The lowest BCUT2D eigenvalue weighted by molar-refractivity contribution is -0.136. The van der Waals surface area contributed by atoms with E-state index >= 15 is 0 Å². The number of carbonyl (C=O) groups excluding carboxylic acids is 2. The molecule has 1 unspecified atom stereocenters. The van der Waals surface area contributed by atoms with Crippen molar-refractivity contribution in [3.05, 3.63) is 30.2 Å². The van der Waals surface area contributed by atoms with E-state index in [0.717, 1.165) is 37.9 Å². The molecule has 1 saturated carbocycles. The molecule has 7 nitrogen and oxygen atoms in total. The standard InChI is InChI=1S/C17H21N5O2/c23-16(13-4-3-8-21(11-13)17(24)12-6-7-12)18-10-15-20-19-14-5-1-2-9-22(14)15/h1-2,5,9,12-13H,3-4,6-8,10-11H2,(H,18,23). The predicted molar refractivity (Wildman–Crippen MR) is 86.9 cm³/mol. The van der Waals surface area contributed by atoms with E-state index < -0.39 is 0 Å². The maximum atomic E-state index is 12.5. The molecule has 0 bridgehead atoms. The van der Waals surface area contributed by atoms with E-state index in [2.05, 4.69) is 15.5 Å². The van der Waals surface area contributed by atoms with Gasteiger partial charge in [0.2, 0.25) is 11.8 Å². The van der Waals surface area contributed by atoms with Gasteiger partial charge < -0.3 is 10.2 Å². The van der Waals surface area contributed by atoms with E-state index in [9.17, 15) is 9.59 Å². The number of piperidine rings is 1. The van der Waals surface area contributed by atoms with Gasteiger partial charge in [-0.15, -0.1) is 10.2 Å². The van der Waals surface area contributed by atoms with Gasteiger partial charge in [-0.1, -0.05) is 6.07 Å². The van der Waals surface area contributed by atoms with Crippen molar-refractivity contribution in [3.8, 4) is 0 Å². The number of hydrogen-bond acceptors (Lipinski definition) is 4. The average Bonchev–Trinajstić information content (AvgIpc) is 3.40. The highest BCUT2D eigenvalue weighted by Crippen LogP contribution is 2.32. The van der Waals surface area contributed by atoms with E-state index in [0.29, 0.717) is 18.9 Å². The maximum absolute atomic E-state index is 12.5. The molecule has 2 aromatic rings. The Bertz CT molecular complexity index is 767. The van der Waals surface area contributed by atoms with Gasteiger partial charge >= 0.3 is 0 Å². The summed E-state index contributed by atoms with van der Waals surface area (Å²) >= 11 is 0. The van der Waals surface area contributed by atoms with Crippen LogP contribution in [0, 0.1) is 11.8 Å². The summed E-state index contributed by atoms with van der Waals surface area (Å²) in [6.07, 6.45) is 5.62. The van der Waals surface area contributed by atoms with Gasteiger partial charge in [-0.2, -0.15) is 0 Å². The number of aromatic nitrogens is 3. The van der Waals surface area contributed by atoms with Crippen molar-refractivity contribution in [2.75, 3.05) is 13.1 Å². The van der Waals surface area contributed by atoms with Crippen molar-refractivity contribution in [1.29, 1.82) is 0 Å². The smallest absolute Gasteiger partial charge is 0.225 e. The number of pyridine rings is 1. The molecule has 0 radical (unpaired) electrons. The molecular weight excluding hydrogens is 306 g/mol. The van der Waals surface area contributed by atoms with Gasteiger partial charge in [0, 0.05) is 25.2 Å². The first-order valence-corrected chi connectivity index (χ1v) is 8.57. The molecule has 2 fully saturated rings. The second-order valence-corrected chi connectivity index (χ2v) is 6.66. The zero-order valence-corrected chi connectivity index (χ0v) is 13.5. The summed E-state index contributed by atoms with van der Waals surface area (Å²) in [5.74, 6) is 1.03. The summed E-state index contributed by atoms with van der Waals surface area (Å²) in [4.78, 5) is 26.5. The van der Waals surface area contributed by atoms with Crippen LogP contribution in [0.1, 0.15) is 31.5 Å². The molecule has 1 saturated heterocycles. The van der Waals surface area contributed by atoms with Crippen molar-refractivity contribution in [3.63, 3.8) is 0 Å². The summed E-state index contributed by atoms with van der Waals surface area (Å²) in [6.45, 7) is 1.67. The third-order valence-corrected chi connectivity index (χ3v) is 4.84. The van der Waals surface area contributed by atoms with Gasteiger partial charge in [-0.25, -0.2) is 0 Å².